The Balaban J connectivity index is 1.80. The van der Waals surface area contributed by atoms with Crippen LogP contribution >= 0.6 is 11.3 Å². The van der Waals surface area contributed by atoms with Gasteiger partial charge in [0, 0.05) is 10.6 Å². The number of urea groups is 1. The van der Waals surface area contributed by atoms with Gasteiger partial charge in [-0.15, -0.1) is 11.3 Å². The van der Waals surface area contributed by atoms with Crippen molar-refractivity contribution in [3.05, 3.63) is 45.6 Å². The third-order valence-corrected chi connectivity index (χ3v) is 4.84. The van der Waals surface area contributed by atoms with E-state index in [-0.39, 0.29) is 0 Å². The monoisotopic (exact) mass is 349 g/mol. The largest absolute Gasteiger partial charge is 0.376 e. The zero-order chi connectivity index (χ0) is 17.3. The van der Waals surface area contributed by atoms with Crippen molar-refractivity contribution in [1.82, 2.24) is 0 Å². The van der Waals surface area contributed by atoms with Gasteiger partial charge in [0.2, 0.25) is 0 Å². The third kappa shape index (κ3) is 3.24. The van der Waals surface area contributed by atoms with E-state index in [1.165, 1.54) is 17.4 Å². The molecule has 0 bridgehead atoms. The predicted molar refractivity (Wildman–Crippen MR) is 90.0 cm³/mol. The van der Waals surface area contributed by atoms with Gasteiger partial charge in [-0.1, -0.05) is 6.07 Å². The molecule has 6 nitrogen and oxygen atoms in total. The number of amides is 3. The number of hydrogen-bond acceptors (Lipinski definition) is 4. The Labute approximate surface area is 141 Å². The van der Waals surface area contributed by atoms with Crippen LogP contribution in [-0.2, 0) is 17.8 Å². The molecular formula is C16H16FN3O3S. The fourth-order valence-electron chi connectivity index (χ4n) is 2.52. The first-order chi connectivity index (χ1) is 11.5. The summed E-state index contributed by atoms with van der Waals surface area (Å²) in [5, 5.41) is 5.54. The molecule has 0 atom stereocenters. The first-order valence-corrected chi connectivity index (χ1v) is 8.13. The standard InChI is InChI=1S/C16H16FN3O3S/c1-8-2-3-9(6-11(8)17)19-16(22)20-15-13(14(18)21)10-4-5-23-7-12(10)24-15/h2-3,6H,4-5,7H2,1H3,(H2,18,21)(H2,19,20,22). The van der Waals surface area contributed by atoms with Crippen molar-refractivity contribution in [3.63, 3.8) is 0 Å². The van der Waals surface area contributed by atoms with Gasteiger partial charge in [0.05, 0.1) is 18.8 Å². The molecule has 0 unspecified atom stereocenters. The van der Waals surface area contributed by atoms with E-state index in [0.717, 1.165) is 10.4 Å². The van der Waals surface area contributed by atoms with E-state index in [1.54, 1.807) is 19.1 Å². The van der Waals surface area contributed by atoms with Gasteiger partial charge < -0.3 is 15.8 Å². The Hall–Kier alpha value is -2.45. The van der Waals surface area contributed by atoms with Gasteiger partial charge in [-0.25, -0.2) is 9.18 Å². The second-order valence-corrected chi connectivity index (χ2v) is 6.52. The van der Waals surface area contributed by atoms with E-state index in [4.69, 9.17) is 10.5 Å². The average molecular weight is 349 g/mol. The molecule has 2 heterocycles. The SMILES string of the molecule is Cc1ccc(NC(=O)Nc2sc3c(c2C(N)=O)CCOC3)cc1F. The van der Waals surface area contributed by atoms with Gasteiger partial charge in [-0.2, -0.15) is 0 Å². The highest BCUT2D eigenvalue weighted by Gasteiger charge is 2.25. The Kier molecular flexibility index (Phi) is 4.50. The number of benzene rings is 1. The lowest BCUT2D eigenvalue weighted by Gasteiger charge is -2.12. The highest BCUT2D eigenvalue weighted by Crippen LogP contribution is 2.36. The Morgan fingerprint density at radius 2 is 2.12 bits per heavy atom. The second-order valence-electron chi connectivity index (χ2n) is 5.42. The maximum Gasteiger partial charge on any atom is 0.324 e. The lowest BCUT2D eigenvalue weighted by molar-refractivity contribution is 0.0991. The van der Waals surface area contributed by atoms with Gasteiger partial charge >= 0.3 is 6.03 Å². The summed E-state index contributed by atoms with van der Waals surface area (Å²) in [6.45, 7) is 2.54. The van der Waals surface area contributed by atoms with E-state index in [2.05, 4.69) is 10.6 Å². The van der Waals surface area contributed by atoms with Crippen molar-refractivity contribution < 1.29 is 18.7 Å². The fraction of sp³-hybridized carbons (Fsp3) is 0.250. The minimum Gasteiger partial charge on any atom is -0.376 e. The van der Waals surface area contributed by atoms with Crippen LogP contribution in [0.4, 0.5) is 19.9 Å². The van der Waals surface area contributed by atoms with Gasteiger partial charge in [0.15, 0.2) is 0 Å². The number of halogens is 1. The number of nitrogens with two attached hydrogens (primary N) is 1. The molecule has 0 saturated heterocycles. The molecule has 24 heavy (non-hydrogen) atoms. The normalized spacial score (nSPS) is 13.2. The van der Waals surface area contributed by atoms with Crippen LogP contribution in [0.1, 0.15) is 26.4 Å². The summed E-state index contributed by atoms with van der Waals surface area (Å²) in [5.41, 5.74) is 7.41. The first kappa shape index (κ1) is 16.4. The van der Waals surface area contributed by atoms with Gasteiger partial charge in [0.1, 0.15) is 10.8 Å². The summed E-state index contributed by atoms with van der Waals surface area (Å²) in [7, 11) is 0. The quantitative estimate of drug-likeness (QED) is 0.795. The number of carbonyl (C=O) groups excluding carboxylic acids is 2. The number of fused-ring (bicyclic) bond motifs is 1. The van der Waals surface area contributed by atoms with Crippen LogP contribution in [0.3, 0.4) is 0 Å². The van der Waals surface area contributed by atoms with Gasteiger partial charge in [0.25, 0.3) is 5.91 Å². The number of nitrogens with one attached hydrogen (secondary N) is 2. The molecule has 0 spiro atoms. The number of hydrogen-bond donors (Lipinski definition) is 3. The van der Waals surface area contributed by atoms with E-state index >= 15 is 0 Å². The van der Waals surface area contributed by atoms with E-state index in [9.17, 15) is 14.0 Å². The number of rotatable bonds is 3. The smallest absolute Gasteiger partial charge is 0.324 e. The molecule has 2 aromatic rings. The molecule has 4 N–H and O–H groups in total. The average Bonchev–Trinajstić information content (AvgIpc) is 2.88. The number of carbonyl (C=O) groups is 2. The number of thiophene rings is 1. The number of primary amides is 1. The highest BCUT2D eigenvalue weighted by atomic mass is 32.1. The molecule has 0 radical (unpaired) electrons. The molecule has 1 aromatic heterocycles. The fourth-order valence-corrected chi connectivity index (χ4v) is 3.70. The molecule has 1 aliphatic rings. The Morgan fingerprint density at radius 1 is 1.33 bits per heavy atom. The van der Waals surface area contributed by atoms with E-state index < -0.39 is 17.8 Å². The molecule has 1 aromatic carbocycles. The summed E-state index contributed by atoms with van der Waals surface area (Å²) < 4.78 is 18.9. The minimum atomic E-state index is -0.592. The first-order valence-electron chi connectivity index (χ1n) is 7.32. The maximum absolute atomic E-state index is 13.5. The van der Waals surface area contributed by atoms with Crippen molar-refractivity contribution in [2.75, 3.05) is 17.2 Å². The number of aryl methyl sites for hydroxylation is 1. The molecule has 8 heteroatoms. The van der Waals surface area contributed by atoms with Crippen LogP contribution in [-0.4, -0.2) is 18.5 Å². The zero-order valence-electron chi connectivity index (χ0n) is 12.9. The molecule has 0 fully saturated rings. The molecule has 0 saturated carbocycles. The maximum atomic E-state index is 13.5. The van der Waals surface area contributed by atoms with Crippen LogP contribution in [0.15, 0.2) is 18.2 Å². The second kappa shape index (κ2) is 6.58. The van der Waals surface area contributed by atoms with Crippen LogP contribution in [0, 0.1) is 12.7 Å². The highest BCUT2D eigenvalue weighted by molar-refractivity contribution is 7.17. The summed E-state index contributed by atoms with van der Waals surface area (Å²) in [6.07, 6.45) is 0.580. The number of ether oxygens (including phenoxy) is 1. The van der Waals surface area contributed by atoms with Crippen LogP contribution in [0.2, 0.25) is 0 Å². The zero-order valence-corrected chi connectivity index (χ0v) is 13.8. The Morgan fingerprint density at radius 3 is 2.83 bits per heavy atom. The van der Waals surface area contributed by atoms with Crippen molar-refractivity contribution in [1.29, 1.82) is 0 Å². The van der Waals surface area contributed by atoms with Crippen molar-refractivity contribution in [2.45, 2.75) is 20.0 Å². The summed E-state index contributed by atoms with van der Waals surface area (Å²) in [6, 6.07) is 3.83. The summed E-state index contributed by atoms with van der Waals surface area (Å²) in [4.78, 5) is 24.8. The van der Waals surface area contributed by atoms with E-state index in [1.807, 2.05) is 0 Å². The van der Waals surface area contributed by atoms with Gasteiger partial charge in [-0.3, -0.25) is 10.1 Å². The lowest BCUT2D eigenvalue weighted by Crippen LogP contribution is -2.22. The number of anilines is 2. The topological polar surface area (TPSA) is 93.5 Å². The summed E-state index contributed by atoms with van der Waals surface area (Å²) in [5.74, 6) is -1.000. The minimum absolute atomic E-state index is 0.320. The van der Waals surface area contributed by atoms with Crippen molar-refractivity contribution in [3.8, 4) is 0 Å². The molecule has 1 aliphatic heterocycles. The van der Waals surface area contributed by atoms with Crippen LogP contribution < -0.4 is 16.4 Å². The molecular weight excluding hydrogens is 333 g/mol. The lowest BCUT2D eigenvalue weighted by atomic mass is 10.1. The van der Waals surface area contributed by atoms with Crippen molar-refractivity contribution >= 4 is 34.0 Å². The molecule has 126 valence electrons. The Bertz CT molecular complexity index is 819. The molecule has 0 aliphatic carbocycles. The van der Waals surface area contributed by atoms with Crippen LogP contribution in [0.5, 0.6) is 0 Å². The molecule has 3 rings (SSSR count). The summed E-state index contributed by atoms with van der Waals surface area (Å²) >= 11 is 1.26. The van der Waals surface area contributed by atoms with Crippen molar-refractivity contribution in [2.24, 2.45) is 5.73 Å². The third-order valence-electron chi connectivity index (χ3n) is 3.72. The van der Waals surface area contributed by atoms with Crippen LogP contribution in [0.25, 0.3) is 0 Å². The van der Waals surface area contributed by atoms with Gasteiger partial charge in [-0.05, 0) is 36.6 Å². The predicted octanol–water partition coefficient (Wildman–Crippen LogP) is 3.01. The van der Waals surface area contributed by atoms with E-state index in [0.29, 0.717) is 41.4 Å². The molecule has 3 amide bonds.